The predicted molar refractivity (Wildman–Crippen MR) is 65.1 cm³/mol. The lowest BCUT2D eigenvalue weighted by Gasteiger charge is -2.13. The largest absolute Gasteiger partial charge is 0.508 e. The van der Waals surface area contributed by atoms with Crippen LogP contribution in [-0.4, -0.2) is 25.8 Å². The van der Waals surface area contributed by atoms with Crippen LogP contribution < -0.4 is 10.5 Å². The number of hydrogen-bond acceptors (Lipinski definition) is 4. The molecular formula is C11H16N2O3S. The van der Waals surface area contributed by atoms with Crippen molar-refractivity contribution in [3.63, 3.8) is 0 Å². The van der Waals surface area contributed by atoms with Crippen LogP contribution in [0.1, 0.15) is 23.6 Å². The Bertz CT molecular complexity index is 513. The van der Waals surface area contributed by atoms with Gasteiger partial charge >= 0.3 is 0 Å². The number of nitrogens with two attached hydrogens (primary N) is 1. The Morgan fingerprint density at radius 3 is 2.94 bits per heavy atom. The molecule has 0 saturated carbocycles. The summed E-state index contributed by atoms with van der Waals surface area (Å²) in [7, 11) is -3.41. The summed E-state index contributed by atoms with van der Waals surface area (Å²) in [5, 5.41) is 17.7. The Balaban J connectivity index is 2.01. The van der Waals surface area contributed by atoms with Crippen molar-refractivity contribution in [2.75, 3.05) is 12.3 Å². The Morgan fingerprint density at radius 1 is 1.47 bits per heavy atom. The van der Waals surface area contributed by atoms with Gasteiger partial charge in [0.2, 0.25) is 10.0 Å². The van der Waals surface area contributed by atoms with Crippen LogP contribution in [0, 0.1) is 0 Å². The molecule has 1 aromatic rings. The Morgan fingerprint density at radius 2 is 2.24 bits per heavy atom. The molecule has 94 valence electrons. The molecule has 1 unspecified atom stereocenters. The van der Waals surface area contributed by atoms with E-state index < -0.39 is 10.0 Å². The van der Waals surface area contributed by atoms with Gasteiger partial charge in [-0.15, -0.1) is 0 Å². The highest BCUT2D eigenvalue weighted by molar-refractivity contribution is 7.89. The van der Waals surface area contributed by atoms with Crippen LogP contribution in [0.4, 0.5) is 0 Å². The van der Waals surface area contributed by atoms with Gasteiger partial charge in [-0.25, -0.2) is 13.6 Å². The van der Waals surface area contributed by atoms with Crippen molar-refractivity contribution >= 4 is 10.0 Å². The summed E-state index contributed by atoms with van der Waals surface area (Å²) in [4.78, 5) is 0. The number of hydrogen-bond donors (Lipinski definition) is 3. The molecule has 1 aliphatic carbocycles. The minimum Gasteiger partial charge on any atom is -0.508 e. The van der Waals surface area contributed by atoms with Crippen molar-refractivity contribution in [2.45, 2.75) is 18.9 Å². The quantitative estimate of drug-likeness (QED) is 0.720. The van der Waals surface area contributed by atoms with E-state index in [4.69, 9.17) is 5.14 Å². The third-order valence-corrected chi connectivity index (χ3v) is 3.80. The van der Waals surface area contributed by atoms with Gasteiger partial charge < -0.3 is 10.4 Å². The van der Waals surface area contributed by atoms with Crippen LogP contribution in [0.3, 0.4) is 0 Å². The highest BCUT2D eigenvalue weighted by Gasteiger charge is 2.24. The fourth-order valence-electron chi connectivity index (χ4n) is 2.22. The highest BCUT2D eigenvalue weighted by Crippen LogP contribution is 2.35. The van der Waals surface area contributed by atoms with E-state index in [9.17, 15) is 13.5 Å². The van der Waals surface area contributed by atoms with Crippen LogP contribution in [0.15, 0.2) is 18.2 Å². The van der Waals surface area contributed by atoms with Crippen molar-refractivity contribution in [1.29, 1.82) is 0 Å². The number of primary sulfonamides is 1. The maximum absolute atomic E-state index is 10.8. The Hall–Kier alpha value is -1.11. The lowest BCUT2D eigenvalue weighted by Crippen LogP contribution is -2.29. The predicted octanol–water partition coefficient (Wildman–Crippen LogP) is 0.258. The normalized spacial score (nSPS) is 19.2. The summed E-state index contributed by atoms with van der Waals surface area (Å²) >= 11 is 0. The number of nitrogens with one attached hydrogen (secondary N) is 1. The molecular weight excluding hydrogens is 240 g/mol. The molecule has 1 atom stereocenters. The molecule has 17 heavy (non-hydrogen) atoms. The minimum absolute atomic E-state index is 0.0718. The van der Waals surface area contributed by atoms with E-state index in [0.29, 0.717) is 12.3 Å². The van der Waals surface area contributed by atoms with Crippen LogP contribution in [0.2, 0.25) is 0 Å². The van der Waals surface area contributed by atoms with E-state index in [1.807, 2.05) is 6.07 Å². The second kappa shape index (κ2) is 4.64. The lowest BCUT2D eigenvalue weighted by molar-refractivity contribution is 0.469. The first-order chi connectivity index (χ1) is 7.97. The third-order valence-electron chi connectivity index (χ3n) is 3.02. The molecule has 0 aliphatic heterocycles. The summed E-state index contributed by atoms with van der Waals surface area (Å²) in [5.74, 6) is 0.246. The average Bonchev–Trinajstić information content (AvgIpc) is 2.61. The van der Waals surface area contributed by atoms with E-state index in [1.54, 1.807) is 12.1 Å². The van der Waals surface area contributed by atoms with Gasteiger partial charge in [-0.2, -0.15) is 0 Å². The Labute approximate surface area is 101 Å². The van der Waals surface area contributed by atoms with Crippen molar-refractivity contribution in [3.05, 3.63) is 29.3 Å². The monoisotopic (exact) mass is 256 g/mol. The van der Waals surface area contributed by atoms with Crippen molar-refractivity contribution in [3.8, 4) is 5.75 Å². The van der Waals surface area contributed by atoms with E-state index in [-0.39, 0.29) is 11.8 Å². The molecule has 1 aromatic carbocycles. The number of phenols is 1. The number of rotatable bonds is 4. The highest BCUT2D eigenvalue weighted by atomic mass is 32.2. The molecule has 0 radical (unpaired) electrons. The van der Waals surface area contributed by atoms with Crippen LogP contribution in [0.25, 0.3) is 0 Å². The van der Waals surface area contributed by atoms with E-state index in [0.717, 1.165) is 24.0 Å². The number of aromatic hydroxyl groups is 1. The van der Waals surface area contributed by atoms with Crippen molar-refractivity contribution in [2.24, 2.45) is 5.14 Å². The average molecular weight is 256 g/mol. The van der Waals surface area contributed by atoms with Gasteiger partial charge in [-0.1, -0.05) is 12.1 Å². The summed E-state index contributed by atoms with van der Waals surface area (Å²) in [6.07, 6.45) is 1.69. The fraction of sp³-hybridized carbons (Fsp3) is 0.455. The van der Waals surface area contributed by atoms with Crippen LogP contribution in [0.5, 0.6) is 5.75 Å². The molecule has 0 spiro atoms. The summed E-state index contributed by atoms with van der Waals surface area (Å²) in [5.41, 5.74) is 2.01. The van der Waals surface area contributed by atoms with Crippen LogP contribution >= 0.6 is 0 Å². The molecule has 1 aliphatic rings. The van der Waals surface area contributed by atoms with Crippen LogP contribution in [-0.2, 0) is 16.4 Å². The molecule has 2 rings (SSSR count). The number of sulfonamides is 1. The molecule has 0 saturated heterocycles. The van der Waals surface area contributed by atoms with Gasteiger partial charge in [-0.3, -0.25) is 0 Å². The zero-order chi connectivity index (χ0) is 12.5. The van der Waals surface area contributed by atoms with E-state index in [1.165, 1.54) is 0 Å². The number of benzene rings is 1. The van der Waals surface area contributed by atoms with Gasteiger partial charge in [-0.05, 0) is 30.0 Å². The van der Waals surface area contributed by atoms with Gasteiger partial charge in [0.15, 0.2) is 0 Å². The lowest BCUT2D eigenvalue weighted by atomic mass is 10.1. The zero-order valence-corrected chi connectivity index (χ0v) is 10.2. The van der Waals surface area contributed by atoms with Gasteiger partial charge in [0.1, 0.15) is 5.75 Å². The first-order valence-electron chi connectivity index (χ1n) is 5.52. The smallest absolute Gasteiger partial charge is 0.210 e. The molecule has 0 heterocycles. The molecule has 6 heteroatoms. The standard InChI is InChI=1S/C11H16N2O3S/c12-17(15,16)7-6-13-10-5-4-9-8(10)2-1-3-11(9)14/h1-3,10,13-14H,4-7H2,(H2,12,15,16). The SMILES string of the molecule is NS(=O)(=O)CCNC1CCc2c(O)cccc21. The first-order valence-corrected chi connectivity index (χ1v) is 7.23. The summed E-state index contributed by atoms with van der Waals surface area (Å²) in [6.45, 7) is 0.332. The minimum atomic E-state index is -3.41. The van der Waals surface area contributed by atoms with E-state index >= 15 is 0 Å². The molecule has 0 bridgehead atoms. The number of phenolic OH excluding ortho intramolecular Hbond substituents is 1. The number of fused-ring (bicyclic) bond motifs is 1. The van der Waals surface area contributed by atoms with Crippen molar-refractivity contribution < 1.29 is 13.5 Å². The fourth-order valence-corrected chi connectivity index (χ4v) is 2.62. The van der Waals surface area contributed by atoms with Gasteiger partial charge in [0, 0.05) is 12.6 Å². The maximum Gasteiger partial charge on any atom is 0.210 e. The molecule has 0 aromatic heterocycles. The first kappa shape index (κ1) is 12.3. The molecule has 5 nitrogen and oxygen atoms in total. The second-order valence-corrected chi connectivity index (χ2v) is 5.99. The summed E-state index contributed by atoms with van der Waals surface area (Å²) < 4.78 is 21.6. The van der Waals surface area contributed by atoms with E-state index in [2.05, 4.69) is 5.32 Å². The Kier molecular flexibility index (Phi) is 3.37. The van der Waals surface area contributed by atoms with Crippen molar-refractivity contribution in [1.82, 2.24) is 5.32 Å². The molecule has 0 fully saturated rings. The van der Waals surface area contributed by atoms with Gasteiger partial charge in [0.05, 0.1) is 5.75 Å². The topological polar surface area (TPSA) is 92.4 Å². The third kappa shape index (κ3) is 2.96. The second-order valence-electron chi connectivity index (χ2n) is 4.26. The molecule has 4 N–H and O–H groups in total. The molecule has 0 amide bonds. The maximum atomic E-state index is 10.8. The zero-order valence-electron chi connectivity index (χ0n) is 9.39. The summed E-state index contributed by atoms with van der Waals surface area (Å²) in [6, 6.07) is 5.54. The van der Waals surface area contributed by atoms with Gasteiger partial charge in [0.25, 0.3) is 0 Å².